The number of nitro benzene ring substituents is 1. The predicted octanol–water partition coefficient (Wildman–Crippen LogP) is 3.10. The maximum Gasteiger partial charge on any atom is 0.410 e. The molecule has 0 aliphatic rings. The smallest absolute Gasteiger partial charge is 0.410 e. The molecule has 24 heavy (non-hydrogen) atoms. The molecule has 8 nitrogen and oxygen atoms in total. The van der Waals surface area contributed by atoms with E-state index in [0.29, 0.717) is 6.54 Å². The number of hydrogen-bond acceptors (Lipinski definition) is 6. The van der Waals surface area contributed by atoms with E-state index in [1.807, 2.05) is 6.07 Å². The highest BCUT2D eigenvalue weighted by molar-refractivity contribution is 5.68. The lowest BCUT2D eigenvalue weighted by atomic mass is 10.2. The van der Waals surface area contributed by atoms with Crippen molar-refractivity contribution in [1.29, 1.82) is 5.26 Å². The van der Waals surface area contributed by atoms with Crippen molar-refractivity contribution in [2.24, 2.45) is 0 Å². The summed E-state index contributed by atoms with van der Waals surface area (Å²) in [5.41, 5.74) is -0.566. The van der Waals surface area contributed by atoms with Crippen molar-refractivity contribution in [2.45, 2.75) is 33.3 Å². The number of hydrogen-bond donors (Lipinski definition) is 0. The zero-order valence-electron chi connectivity index (χ0n) is 14.2. The summed E-state index contributed by atoms with van der Waals surface area (Å²) in [7, 11) is 0. The Kier molecular flexibility index (Phi) is 6.53. The van der Waals surface area contributed by atoms with E-state index in [1.54, 1.807) is 27.7 Å². The van der Waals surface area contributed by atoms with Crippen molar-refractivity contribution >= 4 is 11.8 Å². The molecule has 1 amide bonds. The summed E-state index contributed by atoms with van der Waals surface area (Å²) in [5, 5.41) is 19.8. The Labute approximate surface area is 140 Å². The third kappa shape index (κ3) is 5.76. The molecule has 1 aromatic carbocycles. The standard InChI is InChI=1S/C16H21N3O5/c1-5-18(15(20)24-16(2,3)4)8-9-23-14-10-13(19(21)22)7-6-12(14)11-17/h6-7,10H,5,8-9H2,1-4H3. The van der Waals surface area contributed by atoms with Crippen LogP contribution >= 0.6 is 0 Å². The average molecular weight is 335 g/mol. The van der Waals surface area contributed by atoms with Crippen LogP contribution in [0.15, 0.2) is 18.2 Å². The van der Waals surface area contributed by atoms with E-state index in [1.165, 1.54) is 23.1 Å². The molecule has 1 rings (SSSR count). The van der Waals surface area contributed by atoms with Crippen LogP contribution in [0.1, 0.15) is 33.3 Å². The van der Waals surface area contributed by atoms with Gasteiger partial charge in [-0.25, -0.2) is 4.79 Å². The number of nitro groups is 1. The highest BCUT2D eigenvalue weighted by atomic mass is 16.6. The van der Waals surface area contributed by atoms with Crippen molar-refractivity contribution in [3.63, 3.8) is 0 Å². The lowest BCUT2D eigenvalue weighted by molar-refractivity contribution is -0.384. The highest BCUT2D eigenvalue weighted by Gasteiger charge is 2.21. The molecule has 0 bridgehead atoms. The van der Waals surface area contributed by atoms with E-state index in [4.69, 9.17) is 14.7 Å². The lowest BCUT2D eigenvalue weighted by Gasteiger charge is -2.26. The fourth-order valence-electron chi connectivity index (χ4n) is 1.81. The first kappa shape index (κ1) is 19.2. The Hall–Kier alpha value is -2.82. The zero-order valence-corrected chi connectivity index (χ0v) is 14.2. The van der Waals surface area contributed by atoms with Gasteiger partial charge in [-0.3, -0.25) is 10.1 Å². The molecule has 0 saturated carbocycles. The summed E-state index contributed by atoms with van der Waals surface area (Å²) >= 11 is 0. The Morgan fingerprint density at radius 1 is 1.42 bits per heavy atom. The number of carbonyl (C=O) groups excluding carboxylic acids is 1. The van der Waals surface area contributed by atoms with Crippen LogP contribution in [0.2, 0.25) is 0 Å². The Bertz CT molecular complexity index is 646. The molecule has 0 fully saturated rings. The van der Waals surface area contributed by atoms with Gasteiger partial charge in [0, 0.05) is 12.6 Å². The Balaban J connectivity index is 2.72. The quantitative estimate of drug-likeness (QED) is 0.584. The number of nitriles is 1. The second-order valence-electron chi connectivity index (χ2n) is 5.96. The number of rotatable bonds is 6. The van der Waals surface area contributed by atoms with Crippen LogP contribution in [0.4, 0.5) is 10.5 Å². The van der Waals surface area contributed by atoms with Crippen LogP contribution in [0.25, 0.3) is 0 Å². The molecular formula is C16H21N3O5. The summed E-state index contributed by atoms with van der Waals surface area (Å²) in [6, 6.07) is 5.68. The molecule has 8 heteroatoms. The topological polar surface area (TPSA) is 106 Å². The molecule has 130 valence electrons. The number of ether oxygens (including phenoxy) is 2. The number of benzene rings is 1. The van der Waals surface area contributed by atoms with Crippen LogP contribution in [0.3, 0.4) is 0 Å². The van der Waals surface area contributed by atoms with E-state index in [-0.39, 0.29) is 30.2 Å². The van der Waals surface area contributed by atoms with Gasteiger partial charge in [0.2, 0.25) is 0 Å². The minimum absolute atomic E-state index is 0.0862. The SMILES string of the molecule is CCN(CCOc1cc([N+](=O)[O-])ccc1C#N)C(=O)OC(C)(C)C. The fourth-order valence-corrected chi connectivity index (χ4v) is 1.81. The average Bonchev–Trinajstić information content (AvgIpc) is 2.49. The van der Waals surface area contributed by atoms with Gasteiger partial charge in [0.25, 0.3) is 5.69 Å². The van der Waals surface area contributed by atoms with Crippen LogP contribution in [0.5, 0.6) is 5.75 Å². The van der Waals surface area contributed by atoms with Gasteiger partial charge >= 0.3 is 6.09 Å². The minimum Gasteiger partial charge on any atom is -0.490 e. The van der Waals surface area contributed by atoms with Gasteiger partial charge in [0.05, 0.1) is 23.1 Å². The zero-order chi connectivity index (χ0) is 18.3. The Morgan fingerprint density at radius 3 is 2.58 bits per heavy atom. The van der Waals surface area contributed by atoms with Gasteiger partial charge < -0.3 is 14.4 Å². The molecule has 1 aromatic rings. The fraction of sp³-hybridized carbons (Fsp3) is 0.500. The molecule has 0 spiro atoms. The molecular weight excluding hydrogens is 314 g/mol. The maximum absolute atomic E-state index is 12.0. The van der Waals surface area contributed by atoms with Crippen LogP contribution < -0.4 is 4.74 Å². The molecule has 0 radical (unpaired) electrons. The highest BCUT2D eigenvalue weighted by Crippen LogP contribution is 2.24. The number of nitrogens with zero attached hydrogens (tertiary/aromatic N) is 3. The first-order chi connectivity index (χ1) is 11.2. The molecule has 0 unspecified atom stereocenters. The third-order valence-electron chi connectivity index (χ3n) is 2.95. The van der Waals surface area contributed by atoms with E-state index in [0.717, 1.165) is 0 Å². The molecule has 0 N–H and O–H groups in total. The first-order valence-corrected chi connectivity index (χ1v) is 7.47. The number of non-ortho nitro benzene ring substituents is 1. The summed E-state index contributed by atoms with van der Waals surface area (Å²) in [5.74, 6) is 0.118. The van der Waals surface area contributed by atoms with E-state index >= 15 is 0 Å². The van der Waals surface area contributed by atoms with Crippen molar-refractivity contribution in [2.75, 3.05) is 19.7 Å². The van der Waals surface area contributed by atoms with Gasteiger partial charge in [0.1, 0.15) is 24.0 Å². The van der Waals surface area contributed by atoms with Gasteiger partial charge in [-0.1, -0.05) is 0 Å². The predicted molar refractivity (Wildman–Crippen MR) is 86.8 cm³/mol. The van der Waals surface area contributed by atoms with Crippen molar-refractivity contribution in [3.05, 3.63) is 33.9 Å². The largest absolute Gasteiger partial charge is 0.490 e. The molecule has 0 atom stereocenters. The molecule has 0 aliphatic heterocycles. The summed E-state index contributed by atoms with van der Waals surface area (Å²) in [6.45, 7) is 7.88. The maximum atomic E-state index is 12.0. The number of likely N-dealkylation sites (N-methyl/N-ethyl adjacent to an activating group) is 1. The van der Waals surface area contributed by atoms with Gasteiger partial charge in [-0.15, -0.1) is 0 Å². The lowest BCUT2D eigenvalue weighted by Crippen LogP contribution is -2.38. The van der Waals surface area contributed by atoms with Crippen molar-refractivity contribution < 1.29 is 19.2 Å². The van der Waals surface area contributed by atoms with Crippen LogP contribution in [-0.4, -0.2) is 41.2 Å². The second-order valence-corrected chi connectivity index (χ2v) is 5.96. The third-order valence-corrected chi connectivity index (χ3v) is 2.95. The summed E-state index contributed by atoms with van der Waals surface area (Å²) < 4.78 is 10.7. The molecule has 0 aromatic heterocycles. The van der Waals surface area contributed by atoms with Crippen molar-refractivity contribution in [3.8, 4) is 11.8 Å². The number of carbonyl (C=O) groups is 1. The summed E-state index contributed by atoms with van der Waals surface area (Å²) in [4.78, 5) is 23.7. The number of amides is 1. The minimum atomic E-state index is -0.598. The normalized spacial score (nSPS) is 10.6. The molecule has 0 heterocycles. The van der Waals surface area contributed by atoms with Gasteiger partial charge in [0.15, 0.2) is 0 Å². The molecule has 0 saturated heterocycles. The van der Waals surface area contributed by atoms with Crippen LogP contribution in [0, 0.1) is 21.4 Å². The summed E-state index contributed by atoms with van der Waals surface area (Å²) in [6.07, 6.45) is -0.465. The van der Waals surface area contributed by atoms with Crippen LogP contribution in [-0.2, 0) is 4.74 Å². The van der Waals surface area contributed by atoms with Gasteiger partial charge in [-0.2, -0.15) is 5.26 Å². The second kappa shape index (κ2) is 8.15. The molecule has 0 aliphatic carbocycles. The Morgan fingerprint density at radius 2 is 2.08 bits per heavy atom. The van der Waals surface area contributed by atoms with E-state index < -0.39 is 16.6 Å². The van der Waals surface area contributed by atoms with Gasteiger partial charge in [-0.05, 0) is 33.8 Å². The van der Waals surface area contributed by atoms with E-state index in [9.17, 15) is 14.9 Å². The first-order valence-electron chi connectivity index (χ1n) is 7.47. The van der Waals surface area contributed by atoms with Crippen molar-refractivity contribution in [1.82, 2.24) is 4.90 Å². The van der Waals surface area contributed by atoms with E-state index in [2.05, 4.69) is 0 Å². The monoisotopic (exact) mass is 335 g/mol.